The molecular weight excluding hydrogens is 1540 g/mol. The van der Waals surface area contributed by atoms with Gasteiger partial charge in [-0.1, -0.05) is 46.4 Å². The van der Waals surface area contributed by atoms with Gasteiger partial charge < -0.3 is 45.1 Å². The maximum absolute atomic E-state index is 13.2. The average Bonchev–Trinajstić information content (AvgIpc) is 1.77. The number of piperazine rings is 3. The highest BCUT2D eigenvalue weighted by molar-refractivity contribution is 7.88. The summed E-state index contributed by atoms with van der Waals surface area (Å²) in [7, 11) is -2.77. The van der Waals surface area contributed by atoms with E-state index in [0.717, 1.165) is 103 Å². The minimum atomic E-state index is -4.40. The third kappa shape index (κ3) is 18.8. The number of nitrogen functional groups attached to an aromatic ring is 1. The van der Waals surface area contributed by atoms with Crippen LogP contribution in [0.25, 0.3) is 54.5 Å². The van der Waals surface area contributed by atoms with Gasteiger partial charge in [0, 0.05) is 177 Å². The molecule has 109 heavy (non-hydrogen) atoms. The van der Waals surface area contributed by atoms with Crippen LogP contribution < -0.4 is 20.4 Å². The number of nitrogens with one attached hydrogen (secondary N) is 5. The number of aromatic amines is 5. The maximum Gasteiger partial charge on any atom is 0.416 e. The van der Waals surface area contributed by atoms with Crippen LogP contribution in [0.3, 0.4) is 0 Å². The van der Waals surface area contributed by atoms with Gasteiger partial charge in [0.2, 0.25) is 26.0 Å². The Kier molecular flexibility index (Phi) is 24.9. The van der Waals surface area contributed by atoms with Crippen molar-refractivity contribution in [2.24, 2.45) is 0 Å². The van der Waals surface area contributed by atoms with Crippen LogP contribution in [0.1, 0.15) is 95.8 Å². The van der Waals surface area contributed by atoms with Crippen LogP contribution in [0.15, 0.2) is 85.5 Å². The third-order valence-corrected chi connectivity index (χ3v) is 24.3. The van der Waals surface area contributed by atoms with E-state index in [1.54, 1.807) is 57.8 Å². The second kappa shape index (κ2) is 33.3. The van der Waals surface area contributed by atoms with E-state index in [0.29, 0.717) is 123 Å². The van der Waals surface area contributed by atoms with E-state index >= 15 is 0 Å². The number of aromatic nitrogens is 10. The molecular formula is C72H91Cl4F3N20O8S2. The van der Waals surface area contributed by atoms with Crippen LogP contribution in [-0.4, -0.2) is 254 Å². The Balaban J connectivity index is 0.000000135. The van der Waals surface area contributed by atoms with Crippen molar-refractivity contribution >= 4 is 162 Å². The Labute approximate surface area is 649 Å². The van der Waals surface area contributed by atoms with Gasteiger partial charge in [0.15, 0.2) is 5.82 Å². The lowest BCUT2D eigenvalue weighted by Gasteiger charge is -2.45. The molecule has 4 amide bonds. The molecule has 28 nitrogen and oxygen atoms in total. The van der Waals surface area contributed by atoms with Crippen molar-refractivity contribution in [3.05, 3.63) is 122 Å². The number of anilines is 4. The molecule has 5 aliphatic rings. The van der Waals surface area contributed by atoms with Crippen molar-refractivity contribution in [2.75, 3.05) is 132 Å². The summed E-state index contributed by atoms with van der Waals surface area (Å²) >= 11 is 24.7. The number of likely N-dealkylation sites (tertiary alicyclic amines) is 2. The number of carbonyl (C=O) groups excluding carboxylic acids is 3. The summed E-state index contributed by atoms with van der Waals surface area (Å²) in [5, 5.41) is 51.2. The van der Waals surface area contributed by atoms with Crippen LogP contribution in [0, 0.1) is 0 Å². The van der Waals surface area contributed by atoms with Crippen molar-refractivity contribution in [1.29, 1.82) is 0 Å². The lowest BCUT2D eigenvalue weighted by atomic mass is 9.78. The number of rotatable bonds is 8. The number of fused-ring (bicyclic) bond motifs is 5. The van der Waals surface area contributed by atoms with Gasteiger partial charge >= 0.3 is 12.2 Å². The number of benzene rings is 5. The number of amides is 4. The summed E-state index contributed by atoms with van der Waals surface area (Å²) in [6.45, 7) is 18.9. The number of hydrogen-bond acceptors (Lipinski definition) is 17. The number of carbonyl (C=O) groups is 3. The standard InChI is InChI=1S/C17H20F3N3O.C15H19ClN4O.C14H19ClN4O2S.C14H17ClN4O2.C12H16ClN5O2S/c1-10(24)23-5-4-11(8-16(23,2)3)13-6-12(17(18,19)20)7-15-14(13)9-21-22-15;1-19(2)15(21)20-5-3-10(4-6-20)12-7-11(16)8-14-13(12)9-17-18-14;1-9-7-18(8-10(2)19(9)22(3,20)21)14-5-11(15)4-13-12(14)6-16-17-13;1-9(20)14(21)19-4-2-18(3-5-19)13-7-10(15)6-12-11(13)8-16-17-12;1-21(19,20)18-4-2-17(3-5-18)10-7-8(13)6-9-11(10)12(14)16-15-9/h6-7,9,11H,4-5,8H2,1-3H3,(H,21,22);7-10H,3-6H2,1-2H3,(H,17,18);4-6,9-10H,7-8H2,1-3H3,(H,16,17);6-9,20H,2-5H2,1H3,(H,16,17);6-7H,2-5H2,1H3,(H3,14,15,16)/t;;9-,10+;;. The van der Waals surface area contributed by atoms with Gasteiger partial charge in [-0.3, -0.25) is 35.1 Å². The van der Waals surface area contributed by atoms with Gasteiger partial charge in [0.1, 0.15) is 6.10 Å². The second-order valence-electron chi connectivity index (χ2n) is 29.1. The van der Waals surface area contributed by atoms with E-state index in [1.807, 2.05) is 81.3 Å². The van der Waals surface area contributed by atoms with E-state index in [1.165, 1.54) is 42.3 Å². The highest BCUT2D eigenvalue weighted by Gasteiger charge is 2.40. The molecule has 0 radical (unpaired) electrons. The fourth-order valence-electron chi connectivity index (χ4n) is 15.6. The smallest absolute Gasteiger partial charge is 0.384 e. The zero-order valence-electron chi connectivity index (χ0n) is 62.1. The zero-order chi connectivity index (χ0) is 78.9. The molecule has 10 aromatic rings. The number of nitrogens with two attached hydrogens (primary N) is 1. The van der Waals surface area contributed by atoms with Gasteiger partial charge in [-0.2, -0.15) is 47.3 Å². The normalized spacial score (nSPS) is 19.4. The molecule has 0 spiro atoms. The van der Waals surface area contributed by atoms with Crippen LogP contribution in [-0.2, 0) is 35.8 Å². The summed E-state index contributed by atoms with van der Waals surface area (Å²) in [5.41, 5.74) is 13.6. The third-order valence-electron chi connectivity index (χ3n) is 20.6. The van der Waals surface area contributed by atoms with Crippen molar-refractivity contribution in [1.82, 2.24) is 79.2 Å². The summed E-state index contributed by atoms with van der Waals surface area (Å²) in [4.78, 5) is 49.0. The Hall–Kier alpha value is -8.41. The number of halogens is 7. The summed E-state index contributed by atoms with van der Waals surface area (Å²) < 4.78 is 89.7. The minimum Gasteiger partial charge on any atom is -0.384 e. The summed E-state index contributed by atoms with van der Waals surface area (Å²) in [6, 6.07) is 17.3. The minimum absolute atomic E-state index is 0.00375. The molecule has 0 bridgehead atoms. The molecule has 8 N–H and O–H groups in total. The van der Waals surface area contributed by atoms with Crippen LogP contribution >= 0.6 is 46.4 Å². The van der Waals surface area contributed by atoms with Gasteiger partial charge in [0.05, 0.1) is 81.5 Å². The molecule has 588 valence electrons. The summed E-state index contributed by atoms with van der Waals surface area (Å²) in [5.74, 6) is 0.584. The molecule has 4 atom stereocenters. The Bertz CT molecular complexity index is 5040. The number of nitrogens with zero attached hydrogens (tertiary/aromatic N) is 14. The number of urea groups is 1. The lowest BCUT2D eigenvalue weighted by molar-refractivity contribution is -0.139. The average molecular weight is 1630 g/mol. The first kappa shape index (κ1) is 81.6. The first-order valence-electron chi connectivity index (χ1n) is 35.6. The van der Waals surface area contributed by atoms with Crippen molar-refractivity contribution in [3.63, 3.8) is 0 Å². The topological polar surface area (TPSA) is 338 Å². The van der Waals surface area contributed by atoms with Crippen LogP contribution in [0.5, 0.6) is 0 Å². The molecule has 5 aromatic heterocycles. The van der Waals surface area contributed by atoms with Crippen LogP contribution in [0.2, 0.25) is 20.1 Å². The van der Waals surface area contributed by atoms with E-state index in [-0.39, 0.29) is 41.4 Å². The molecule has 0 aliphatic carbocycles. The number of hydrogen-bond donors (Lipinski definition) is 7. The fourth-order valence-corrected chi connectivity index (χ4v) is 18.8. The summed E-state index contributed by atoms with van der Waals surface area (Å²) in [6.07, 6.45) is 7.34. The highest BCUT2D eigenvalue weighted by Crippen LogP contribution is 2.44. The maximum atomic E-state index is 13.2. The molecule has 5 aromatic carbocycles. The molecule has 37 heteroatoms. The Morgan fingerprint density at radius 3 is 1.50 bits per heavy atom. The first-order valence-corrected chi connectivity index (χ1v) is 40.8. The van der Waals surface area contributed by atoms with Crippen molar-refractivity contribution < 1.29 is 49.5 Å². The molecule has 0 saturated carbocycles. The Morgan fingerprint density at radius 2 is 1.02 bits per heavy atom. The van der Waals surface area contributed by atoms with Crippen LogP contribution in [0.4, 0.5) is 40.8 Å². The van der Waals surface area contributed by atoms with Crippen molar-refractivity contribution in [2.45, 2.75) is 109 Å². The molecule has 15 rings (SSSR count). The van der Waals surface area contributed by atoms with E-state index in [9.17, 15) is 49.5 Å². The molecule has 2 unspecified atom stereocenters. The van der Waals surface area contributed by atoms with Gasteiger partial charge in [-0.25, -0.2) is 21.6 Å². The van der Waals surface area contributed by atoms with Gasteiger partial charge in [-0.05, 0) is 144 Å². The van der Waals surface area contributed by atoms with E-state index < -0.39 is 37.9 Å². The SMILES string of the molecule is CC(=O)N1CCC(c2cc(C(F)(F)F)cc3[nH]ncc23)CC1(C)C.CC(O)C(=O)N1CCN(c2cc(Cl)cc3[nH]ncc23)CC1.CN(C)C(=O)N1CCC(c2cc(Cl)cc3[nH]ncc23)CC1.CS(=O)(=O)N1CCN(c2cc(Cl)cc3[nH]nc(N)c23)CC1.C[C@@H]1CN(c2cc(Cl)cc3[nH]ncc23)C[C@H](C)N1S(C)(=O)=O. The predicted octanol–water partition coefficient (Wildman–Crippen LogP) is 11.4. The number of alkyl halides is 3. The second-order valence-corrected chi connectivity index (χ2v) is 34.7. The predicted molar refractivity (Wildman–Crippen MR) is 423 cm³/mol. The quantitative estimate of drug-likeness (QED) is 0.0743. The molecule has 5 fully saturated rings. The number of aliphatic hydroxyl groups excluding tert-OH is 1. The monoisotopic (exact) mass is 1620 g/mol. The lowest BCUT2D eigenvalue weighted by Crippen LogP contribution is -2.58. The fraction of sp³-hybridized carbons (Fsp3) is 0.472. The first-order chi connectivity index (χ1) is 51.3. The highest BCUT2D eigenvalue weighted by atomic mass is 35.5. The number of piperidine rings is 2. The van der Waals surface area contributed by atoms with E-state index in [2.05, 4.69) is 65.7 Å². The molecule has 5 aliphatic heterocycles. The number of sulfonamides is 2. The molecule has 5 saturated heterocycles. The van der Waals surface area contributed by atoms with Crippen molar-refractivity contribution in [3.8, 4) is 0 Å². The van der Waals surface area contributed by atoms with Gasteiger partial charge in [-0.15, -0.1) is 0 Å². The van der Waals surface area contributed by atoms with E-state index in [4.69, 9.17) is 52.1 Å². The molecule has 10 heterocycles. The largest absolute Gasteiger partial charge is 0.416 e. The Morgan fingerprint density at radius 1 is 0.578 bits per heavy atom. The number of H-pyrrole nitrogens is 5. The number of aliphatic hydroxyl groups is 1. The van der Waals surface area contributed by atoms with Gasteiger partial charge in [0.25, 0.3) is 5.91 Å². The zero-order valence-corrected chi connectivity index (χ0v) is 66.8.